The molecule has 20 heavy (non-hydrogen) atoms. The Labute approximate surface area is 116 Å². The first-order valence-corrected chi connectivity index (χ1v) is 6.44. The van der Waals surface area contributed by atoms with E-state index in [0.29, 0.717) is 17.7 Å². The molecule has 100 valence electrons. The van der Waals surface area contributed by atoms with Gasteiger partial charge < -0.3 is 0 Å². The largest absolute Gasteiger partial charge is 0.298 e. The van der Waals surface area contributed by atoms with E-state index in [1.807, 2.05) is 43.5 Å². The van der Waals surface area contributed by atoms with Crippen molar-refractivity contribution in [1.29, 1.82) is 0 Å². The van der Waals surface area contributed by atoms with Gasteiger partial charge in [-0.3, -0.25) is 4.79 Å². The molecule has 1 aromatic carbocycles. The number of aliphatic imine (C=N–C) groups is 2. The molecule has 0 fully saturated rings. The minimum absolute atomic E-state index is 0.122. The Hall–Kier alpha value is -2.56. The third-order valence-corrected chi connectivity index (χ3v) is 3.17. The van der Waals surface area contributed by atoms with Crippen molar-refractivity contribution in [2.75, 3.05) is 0 Å². The Kier molecular flexibility index (Phi) is 3.25. The molecule has 1 aliphatic rings. The lowest BCUT2D eigenvalue weighted by molar-refractivity contribution is 0.112. The molecule has 0 N–H and O–H groups in total. The molecule has 0 saturated heterocycles. The summed E-state index contributed by atoms with van der Waals surface area (Å²) in [4.78, 5) is 19.8. The number of aromatic nitrogens is 2. The van der Waals surface area contributed by atoms with Gasteiger partial charge in [0, 0.05) is 24.4 Å². The van der Waals surface area contributed by atoms with Gasteiger partial charge in [-0.2, -0.15) is 5.10 Å². The minimum Gasteiger partial charge on any atom is -0.298 e. The van der Waals surface area contributed by atoms with Gasteiger partial charge in [0.15, 0.2) is 6.29 Å². The Morgan fingerprint density at radius 3 is 2.80 bits per heavy atom. The second kappa shape index (κ2) is 5.21. The zero-order chi connectivity index (χ0) is 13.9. The van der Waals surface area contributed by atoms with Crippen LogP contribution in [0.1, 0.15) is 29.9 Å². The number of carbonyl (C=O) groups is 1. The Balaban J connectivity index is 2.01. The van der Waals surface area contributed by atoms with E-state index in [1.165, 1.54) is 0 Å². The number of benzene rings is 1. The van der Waals surface area contributed by atoms with Gasteiger partial charge in [0.25, 0.3) is 0 Å². The van der Waals surface area contributed by atoms with Crippen LogP contribution in [0.4, 0.5) is 0 Å². The average molecular weight is 266 g/mol. The first-order chi connectivity index (χ1) is 9.78. The Bertz CT molecular complexity index is 685. The van der Waals surface area contributed by atoms with Crippen LogP contribution < -0.4 is 0 Å². The van der Waals surface area contributed by atoms with Crippen LogP contribution in [0, 0.1) is 0 Å². The zero-order valence-corrected chi connectivity index (χ0v) is 11.1. The fourth-order valence-electron chi connectivity index (χ4n) is 2.21. The molecule has 2 aromatic rings. The number of hydrogen-bond acceptors (Lipinski definition) is 4. The molecule has 0 aliphatic carbocycles. The van der Waals surface area contributed by atoms with Crippen molar-refractivity contribution in [2.24, 2.45) is 9.98 Å². The lowest BCUT2D eigenvalue weighted by Gasteiger charge is -2.14. The van der Waals surface area contributed by atoms with E-state index in [0.717, 1.165) is 17.7 Å². The monoisotopic (exact) mass is 266 g/mol. The topological polar surface area (TPSA) is 59.6 Å². The van der Waals surface area contributed by atoms with E-state index in [9.17, 15) is 4.79 Å². The van der Waals surface area contributed by atoms with Crippen LogP contribution in [0.3, 0.4) is 0 Å². The van der Waals surface area contributed by atoms with Crippen LogP contribution in [0.5, 0.6) is 0 Å². The molecule has 0 bridgehead atoms. The maximum atomic E-state index is 11.2. The fraction of sp³-hybridized carbons (Fsp3) is 0.200. The summed E-state index contributed by atoms with van der Waals surface area (Å²) in [5.74, 6) is 0.727. The third kappa shape index (κ3) is 2.30. The van der Waals surface area contributed by atoms with Crippen molar-refractivity contribution in [3.05, 3.63) is 42.1 Å². The minimum atomic E-state index is -0.122. The lowest BCUT2D eigenvalue weighted by atomic mass is 10.1. The molecular formula is C15H14N4O. The number of hydrogen-bond donors (Lipinski definition) is 0. The van der Waals surface area contributed by atoms with Gasteiger partial charge in [-0.15, -0.1) is 0 Å². The van der Waals surface area contributed by atoms with Crippen LogP contribution in [0.25, 0.3) is 11.3 Å². The van der Waals surface area contributed by atoms with Gasteiger partial charge in [0.2, 0.25) is 0 Å². The molecule has 0 amide bonds. The second-order valence-corrected chi connectivity index (χ2v) is 4.60. The molecule has 1 aromatic heterocycles. The molecule has 5 heteroatoms. The molecule has 1 aliphatic heterocycles. The van der Waals surface area contributed by atoms with Crippen LogP contribution in [-0.2, 0) is 0 Å². The van der Waals surface area contributed by atoms with E-state index in [-0.39, 0.29) is 6.17 Å². The third-order valence-electron chi connectivity index (χ3n) is 3.17. The molecule has 5 nitrogen and oxygen atoms in total. The Morgan fingerprint density at radius 1 is 1.30 bits per heavy atom. The summed E-state index contributed by atoms with van der Waals surface area (Å²) < 4.78 is 1.74. The summed E-state index contributed by atoms with van der Waals surface area (Å²) >= 11 is 0. The highest BCUT2D eigenvalue weighted by atomic mass is 16.1. The molecule has 0 spiro atoms. The summed E-state index contributed by atoms with van der Waals surface area (Å²) in [6, 6.07) is 9.68. The molecule has 3 rings (SSSR count). The van der Waals surface area contributed by atoms with E-state index in [1.54, 1.807) is 10.9 Å². The van der Waals surface area contributed by atoms with Crippen molar-refractivity contribution in [3.8, 4) is 11.3 Å². The fourth-order valence-corrected chi connectivity index (χ4v) is 2.21. The SMILES string of the molecule is CC1=NC(n2cc(C=O)c(-c3ccccc3)n2)CC=N1. The first-order valence-electron chi connectivity index (χ1n) is 6.44. The normalized spacial score (nSPS) is 17.9. The number of rotatable bonds is 3. The van der Waals surface area contributed by atoms with Crippen LogP contribution in [-0.4, -0.2) is 28.1 Å². The number of aldehydes is 1. The van der Waals surface area contributed by atoms with Crippen molar-refractivity contribution < 1.29 is 4.79 Å². The zero-order valence-electron chi connectivity index (χ0n) is 11.1. The van der Waals surface area contributed by atoms with Crippen molar-refractivity contribution >= 4 is 18.3 Å². The summed E-state index contributed by atoms with van der Waals surface area (Å²) in [7, 11) is 0. The van der Waals surface area contributed by atoms with Crippen molar-refractivity contribution in [3.63, 3.8) is 0 Å². The van der Waals surface area contributed by atoms with Crippen LogP contribution in [0.15, 0.2) is 46.5 Å². The van der Waals surface area contributed by atoms with Gasteiger partial charge in [-0.05, 0) is 6.92 Å². The molecule has 1 atom stereocenters. The predicted molar refractivity (Wildman–Crippen MR) is 78.3 cm³/mol. The maximum absolute atomic E-state index is 11.2. The van der Waals surface area contributed by atoms with E-state index >= 15 is 0 Å². The standard InChI is InChI=1S/C15H14N4O/c1-11-16-8-7-14(17-11)19-9-13(10-20)15(18-19)12-5-3-2-4-6-12/h2-6,8-10,14H,7H2,1H3. The van der Waals surface area contributed by atoms with Gasteiger partial charge in [-0.1, -0.05) is 30.3 Å². The van der Waals surface area contributed by atoms with E-state index < -0.39 is 0 Å². The summed E-state index contributed by atoms with van der Waals surface area (Å²) in [5.41, 5.74) is 2.20. The van der Waals surface area contributed by atoms with Gasteiger partial charge >= 0.3 is 0 Å². The van der Waals surface area contributed by atoms with Crippen LogP contribution in [0.2, 0.25) is 0 Å². The Morgan fingerprint density at radius 2 is 2.10 bits per heavy atom. The highest BCUT2D eigenvalue weighted by Crippen LogP contribution is 2.24. The summed E-state index contributed by atoms with van der Waals surface area (Å²) in [5, 5.41) is 4.53. The van der Waals surface area contributed by atoms with Crippen molar-refractivity contribution in [2.45, 2.75) is 19.5 Å². The maximum Gasteiger partial charge on any atom is 0.153 e. The van der Waals surface area contributed by atoms with E-state index in [2.05, 4.69) is 15.1 Å². The molecule has 0 saturated carbocycles. The van der Waals surface area contributed by atoms with Crippen LogP contribution >= 0.6 is 0 Å². The van der Waals surface area contributed by atoms with Gasteiger partial charge in [0.05, 0.1) is 5.56 Å². The molecular weight excluding hydrogens is 252 g/mol. The molecule has 0 radical (unpaired) electrons. The lowest BCUT2D eigenvalue weighted by Crippen LogP contribution is -2.13. The highest BCUT2D eigenvalue weighted by molar-refractivity contribution is 5.89. The first kappa shape index (κ1) is 12.5. The van der Waals surface area contributed by atoms with Gasteiger partial charge in [-0.25, -0.2) is 14.7 Å². The predicted octanol–water partition coefficient (Wildman–Crippen LogP) is 2.75. The van der Waals surface area contributed by atoms with Gasteiger partial charge in [0.1, 0.15) is 17.7 Å². The molecule has 2 heterocycles. The quantitative estimate of drug-likeness (QED) is 0.802. The number of amidine groups is 1. The highest BCUT2D eigenvalue weighted by Gasteiger charge is 2.17. The number of carbonyl (C=O) groups excluding carboxylic acids is 1. The van der Waals surface area contributed by atoms with Crippen molar-refractivity contribution in [1.82, 2.24) is 9.78 Å². The molecule has 1 unspecified atom stereocenters. The average Bonchev–Trinajstić information content (AvgIpc) is 2.92. The summed E-state index contributed by atoms with van der Waals surface area (Å²) in [6.45, 7) is 1.85. The summed E-state index contributed by atoms with van der Waals surface area (Å²) in [6.07, 6.45) is 4.97. The smallest absolute Gasteiger partial charge is 0.153 e. The number of nitrogens with zero attached hydrogens (tertiary/aromatic N) is 4. The second-order valence-electron chi connectivity index (χ2n) is 4.60. The van der Waals surface area contributed by atoms with E-state index in [4.69, 9.17) is 0 Å².